The lowest BCUT2D eigenvalue weighted by Crippen LogP contribution is -2.38. The molecule has 0 aliphatic heterocycles. The van der Waals surface area contributed by atoms with Crippen molar-refractivity contribution < 1.29 is 9.59 Å². The smallest absolute Gasteiger partial charge is 0.244 e. The Labute approximate surface area is 137 Å². The molecule has 2 amide bonds. The maximum atomic E-state index is 12.1. The number of anilines is 1. The van der Waals surface area contributed by atoms with Crippen molar-refractivity contribution in [3.63, 3.8) is 0 Å². The Kier molecular flexibility index (Phi) is 7.35. The molecular formula is C16H24ClN3O2. The molecule has 1 N–H and O–H groups in total. The summed E-state index contributed by atoms with van der Waals surface area (Å²) in [6.45, 7) is 4.86. The number of rotatable bonds is 7. The predicted octanol–water partition coefficient (Wildman–Crippen LogP) is 2.39. The van der Waals surface area contributed by atoms with Crippen molar-refractivity contribution in [2.24, 2.45) is 0 Å². The van der Waals surface area contributed by atoms with Crippen molar-refractivity contribution in [1.82, 2.24) is 9.80 Å². The minimum atomic E-state index is -0.217. The Morgan fingerprint density at radius 2 is 1.91 bits per heavy atom. The van der Waals surface area contributed by atoms with Crippen molar-refractivity contribution in [3.8, 4) is 0 Å². The second-order valence-corrected chi connectivity index (χ2v) is 6.04. The number of halogens is 1. The van der Waals surface area contributed by atoms with Crippen LogP contribution >= 0.6 is 11.6 Å². The summed E-state index contributed by atoms with van der Waals surface area (Å²) < 4.78 is 0. The number of nitrogens with one attached hydrogen (secondary N) is 1. The van der Waals surface area contributed by atoms with Gasteiger partial charge in [0.1, 0.15) is 0 Å². The number of hydrogen-bond acceptors (Lipinski definition) is 3. The second-order valence-electron chi connectivity index (χ2n) is 5.60. The monoisotopic (exact) mass is 325 g/mol. The highest BCUT2D eigenvalue weighted by Crippen LogP contribution is 2.20. The molecule has 5 nitrogen and oxygen atoms in total. The molecule has 0 heterocycles. The Hall–Kier alpha value is -1.59. The zero-order valence-corrected chi connectivity index (χ0v) is 14.4. The van der Waals surface area contributed by atoms with Gasteiger partial charge >= 0.3 is 0 Å². The zero-order chi connectivity index (χ0) is 16.7. The van der Waals surface area contributed by atoms with Crippen molar-refractivity contribution >= 4 is 29.1 Å². The molecule has 0 spiro atoms. The Morgan fingerprint density at radius 3 is 2.50 bits per heavy atom. The minimum absolute atomic E-state index is 0.0503. The summed E-state index contributed by atoms with van der Waals surface area (Å²) in [6, 6.07) is 5.33. The summed E-state index contributed by atoms with van der Waals surface area (Å²) in [4.78, 5) is 27.4. The standard InChI is InChI=1S/C16H24ClN3O2/c1-12-6-7-14(17)10-15(12)18-16(22)11-20(13(2)21)9-5-8-19(3)4/h6-7,10H,5,8-9,11H2,1-4H3,(H,18,22). The highest BCUT2D eigenvalue weighted by atomic mass is 35.5. The average Bonchev–Trinajstić information content (AvgIpc) is 2.41. The van der Waals surface area contributed by atoms with Gasteiger partial charge in [0.2, 0.25) is 11.8 Å². The molecule has 0 saturated heterocycles. The van der Waals surface area contributed by atoms with Gasteiger partial charge in [-0.25, -0.2) is 0 Å². The normalized spacial score (nSPS) is 10.6. The Morgan fingerprint density at radius 1 is 1.23 bits per heavy atom. The van der Waals surface area contributed by atoms with Crippen LogP contribution in [0.15, 0.2) is 18.2 Å². The van der Waals surface area contributed by atoms with Crippen LogP contribution in [0.2, 0.25) is 5.02 Å². The van der Waals surface area contributed by atoms with E-state index in [1.165, 1.54) is 6.92 Å². The summed E-state index contributed by atoms with van der Waals surface area (Å²) in [6.07, 6.45) is 0.829. The lowest BCUT2D eigenvalue weighted by atomic mass is 10.2. The van der Waals surface area contributed by atoms with Crippen LogP contribution in [0.4, 0.5) is 5.69 Å². The van der Waals surface area contributed by atoms with E-state index in [0.29, 0.717) is 17.3 Å². The van der Waals surface area contributed by atoms with Gasteiger partial charge in [0.05, 0.1) is 6.54 Å². The third-order valence-electron chi connectivity index (χ3n) is 3.29. The van der Waals surface area contributed by atoms with E-state index in [1.54, 1.807) is 17.0 Å². The highest BCUT2D eigenvalue weighted by molar-refractivity contribution is 6.31. The Balaban J connectivity index is 2.59. The Bertz CT molecular complexity index is 532. The topological polar surface area (TPSA) is 52.7 Å². The molecule has 22 heavy (non-hydrogen) atoms. The van der Waals surface area contributed by atoms with Gasteiger partial charge in [-0.05, 0) is 51.7 Å². The number of aryl methyl sites for hydroxylation is 1. The highest BCUT2D eigenvalue weighted by Gasteiger charge is 2.14. The van der Waals surface area contributed by atoms with Gasteiger partial charge in [-0.3, -0.25) is 9.59 Å². The van der Waals surface area contributed by atoms with E-state index in [4.69, 9.17) is 11.6 Å². The van der Waals surface area contributed by atoms with Crippen LogP contribution in [0.5, 0.6) is 0 Å². The maximum Gasteiger partial charge on any atom is 0.244 e. The fourth-order valence-corrected chi connectivity index (χ4v) is 2.19. The van der Waals surface area contributed by atoms with Crippen molar-refractivity contribution in [3.05, 3.63) is 28.8 Å². The molecule has 1 aromatic carbocycles. The number of amides is 2. The number of hydrogen-bond donors (Lipinski definition) is 1. The first-order chi connectivity index (χ1) is 10.3. The first-order valence-corrected chi connectivity index (χ1v) is 7.63. The minimum Gasteiger partial charge on any atom is -0.334 e. The molecule has 0 atom stereocenters. The SMILES string of the molecule is CC(=O)N(CCCN(C)C)CC(=O)Nc1cc(Cl)ccc1C. The molecule has 0 aliphatic rings. The van der Waals surface area contributed by atoms with Crippen molar-refractivity contribution in [2.75, 3.05) is 39.0 Å². The second kappa shape index (κ2) is 8.76. The first-order valence-electron chi connectivity index (χ1n) is 7.26. The fourth-order valence-electron chi connectivity index (χ4n) is 2.02. The molecule has 0 unspecified atom stereocenters. The van der Waals surface area contributed by atoms with E-state index < -0.39 is 0 Å². The zero-order valence-electron chi connectivity index (χ0n) is 13.6. The van der Waals surface area contributed by atoms with Gasteiger partial charge in [-0.15, -0.1) is 0 Å². The molecular weight excluding hydrogens is 302 g/mol. The summed E-state index contributed by atoms with van der Waals surface area (Å²) >= 11 is 5.93. The van der Waals surface area contributed by atoms with Crippen LogP contribution in [0, 0.1) is 6.92 Å². The van der Waals surface area contributed by atoms with Crippen LogP contribution in [-0.4, -0.2) is 55.3 Å². The van der Waals surface area contributed by atoms with Crippen LogP contribution in [0.25, 0.3) is 0 Å². The van der Waals surface area contributed by atoms with Gasteiger partial charge in [0.25, 0.3) is 0 Å². The van der Waals surface area contributed by atoms with Gasteiger partial charge in [-0.1, -0.05) is 17.7 Å². The van der Waals surface area contributed by atoms with Gasteiger partial charge in [-0.2, -0.15) is 0 Å². The summed E-state index contributed by atoms with van der Waals surface area (Å²) in [5, 5.41) is 3.37. The van der Waals surface area contributed by atoms with Gasteiger partial charge in [0, 0.05) is 24.2 Å². The third kappa shape index (κ3) is 6.45. The molecule has 6 heteroatoms. The van der Waals surface area contributed by atoms with E-state index in [0.717, 1.165) is 18.5 Å². The molecule has 0 radical (unpaired) electrons. The average molecular weight is 326 g/mol. The number of benzene rings is 1. The van der Waals surface area contributed by atoms with Crippen molar-refractivity contribution in [2.45, 2.75) is 20.3 Å². The van der Waals surface area contributed by atoms with E-state index in [9.17, 15) is 9.59 Å². The molecule has 0 saturated carbocycles. The maximum absolute atomic E-state index is 12.1. The van der Waals surface area contributed by atoms with Gasteiger partial charge in [0.15, 0.2) is 0 Å². The summed E-state index contributed by atoms with van der Waals surface area (Å²) in [5.41, 5.74) is 1.61. The largest absolute Gasteiger partial charge is 0.334 e. The third-order valence-corrected chi connectivity index (χ3v) is 3.52. The molecule has 0 fully saturated rings. The lowest BCUT2D eigenvalue weighted by Gasteiger charge is -2.21. The first kappa shape index (κ1) is 18.5. The van der Waals surface area contributed by atoms with E-state index in [-0.39, 0.29) is 18.4 Å². The molecule has 1 aromatic rings. The predicted molar refractivity (Wildman–Crippen MR) is 90.2 cm³/mol. The van der Waals surface area contributed by atoms with Crippen LogP contribution in [0.3, 0.4) is 0 Å². The van der Waals surface area contributed by atoms with Crippen LogP contribution < -0.4 is 5.32 Å². The fraction of sp³-hybridized carbons (Fsp3) is 0.500. The molecule has 0 aliphatic carbocycles. The number of carbonyl (C=O) groups is 2. The molecule has 0 aromatic heterocycles. The molecule has 1 rings (SSSR count). The summed E-state index contributed by atoms with van der Waals surface area (Å²) in [5.74, 6) is -0.317. The van der Waals surface area contributed by atoms with E-state index in [2.05, 4.69) is 5.32 Å². The van der Waals surface area contributed by atoms with E-state index >= 15 is 0 Å². The van der Waals surface area contributed by atoms with Crippen LogP contribution in [-0.2, 0) is 9.59 Å². The van der Waals surface area contributed by atoms with Crippen LogP contribution in [0.1, 0.15) is 18.9 Å². The van der Waals surface area contributed by atoms with Crippen molar-refractivity contribution in [1.29, 1.82) is 0 Å². The quantitative estimate of drug-likeness (QED) is 0.837. The molecule has 0 bridgehead atoms. The lowest BCUT2D eigenvalue weighted by molar-refractivity contribution is -0.132. The van der Waals surface area contributed by atoms with E-state index in [1.807, 2.05) is 32.0 Å². The summed E-state index contributed by atoms with van der Waals surface area (Å²) in [7, 11) is 3.96. The number of carbonyl (C=O) groups excluding carboxylic acids is 2. The molecule has 122 valence electrons. The number of nitrogens with zero attached hydrogens (tertiary/aromatic N) is 2. The van der Waals surface area contributed by atoms with Gasteiger partial charge < -0.3 is 15.1 Å².